The topological polar surface area (TPSA) is 94.9 Å². The number of β-amino-alcohol motifs (C(OH)–C–C–N with tert-alkyl or cyclic N) is 1. The summed E-state index contributed by atoms with van der Waals surface area (Å²) in [5.74, 6) is -1.08. The van der Waals surface area contributed by atoms with Crippen molar-refractivity contribution in [3.8, 4) is 5.88 Å². The van der Waals surface area contributed by atoms with Crippen LogP contribution in [0.4, 0.5) is 19.0 Å². The van der Waals surface area contributed by atoms with Crippen LogP contribution in [0.1, 0.15) is 16.2 Å². The molecule has 9 nitrogen and oxygen atoms in total. The maximum atomic E-state index is 13.5. The van der Waals surface area contributed by atoms with Crippen molar-refractivity contribution in [2.75, 3.05) is 51.3 Å². The van der Waals surface area contributed by atoms with Crippen LogP contribution in [0.2, 0.25) is 5.02 Å². The maximum Gasteiger partial charge on any atom is 0.451 e. The SMILES string of the molecule is COc1cc2c(N3C[C@H](O)[C@@H](N4CCN(C(=O)c5ccc(Cl)cc5)CC4)C3)nc(C(F)(F)F)nc2cn1. The number of nitrogens with zero attached hydrogens (tertiary/aromatic N) is 6. The molecule has 3 aromatic rings. The fourth-order valence-electron chi connectivity index (χ4n) is 4.81. The van der Waals surface area contributed by atoms with Crippen molar-refractivity contribution in [1.82, 2.24) is 24.8 Å². The number of piperazine rings is 1. The van der Waals surface area contributed by atoms with Gasteiger partial charge in [-0.1, -0.05) is 11.6 Å². The molecular weight excluding hydrogens is 513 g/mol. The Morgan fingerprint density at radius 2 is 1.81 bits per heavy atom. The van der Waals surface area contributed by atoms with E-state index in [-0.39, 0.29) is 42.3 Å². The van der Waals surface area contributed by atoms with Crippen LogP contribution >= 0.6 is 11.6 Å². The predicted octanol–water partition coefficient (Wildman–Crippen LogP) is 2.71. The Hall–Kier alpha value is -3.22. The number of aliphatic hydroxyl groups excluding tert-OH is 1. The van der Waals surface area contributed by atoms with Gasteiger partial charge in [-0.05, 0) is 24.3 Å². The number of benzene rings is 1. The number of pyridine rings is 1. The van der Waals surface area contributed by atoms with E-state index in [1.165, 1.54) is 19.4 Å². The number of amides is 1. The van der Waals surface area contributed by atoms with Gasteiger partial charge in [0.25, 0.3) is 5.91 Å². The van der Waals surface area contributed by atoms with Crippen LogP contribution < -0.4 is 9.64 Å². The molecule has 0 radical (unpaired) electrons. The molecule has 1 N–H and O–H groups in total. The van der Waals surface area contributed by atoms with Gasteiger partial charge >= 0.3 is 6.18 Å². The van der Waals surface area contributed by atoms with Gasteiger partial charge in [-0.3, -0.25) is 9.69 Å². The quantitative estimate of drug-likeness (QED) is 0.544. The van der Waals surface area contributed by atoms with Gasteiger partial charge in [0.15, 0.2) is 0 Å². The van der Waals surface area contributed by atoms with Gasteiger partial charge in [-0.15, -0.1) is 0 Å². The van der Waals surface area contributed by atoms with E-state index in [4.69, 9.17) is 16.3 Å². The first-order valence-electron chi connectivity index (χ1n) is 11.6. The molecule has 13 heteroatoms. The number of halogens is 4. The summed E-state index contributed by atoms with van der Waals surface area (Å²) in [4.78, 5) is 29.7. The van der Waals surface area contributed by atoms with Crippen molar-refractivity contribution in [2.45, 2.75) is 18.3 Å². The largest absolute Gasteiger partial charge is 0.481 e. The Kier molecular flexibility index (Phi) is 6.82. The molecule has 1 amide bonds. The average Bonchev–Trinajstić information content (AvgIpc) is 3.28. The van der Waals surface area contributed by atoms with Gasteiger partial charge in [0.05, 0.1) is 31.0 Å². The molecular formula is C24H24ClF3N6O3. The van der Waals surface area contributed by atoms with E-state index in [2.05, 4.69) is 19.9 Å². The minimum Gasteiger partial charge on any atom is -0.481 e. The number of anilines is 1. The molecule has 2 atom stereocenters. The average molecular weight is 537 g/mol. The first-order chi connectivity index (χ1) is 17.6. The molecule has 0 spiro atoms. The summed E-state index contributed by atoms with van der Waals surface area (Å²) in [6, 6.07) is 7.85. The number of hydrogen-bond donors (Lipinski definition) is 1. The van der Waals surface area contributed by atoms with Crippen molar-refractivity contribution in [2.24, 2.45) is 0 Å². The lowest BCUT2D eigenvalue weighted by Crippen LogP contribution is -2.54. The van der Waals surface area contributed by atoms with E-state index >= 15 is 0 Å². The monoisotopic (exact) mass is 536 g/mol. The smallest absolute Gasteiger partial charge is 0.451 e. The van der Waals surface area contributed by atoms with E-state index in [1.54, 1.807) is 34.1 Å². The molecule has 0 unspecified atom stereocenters. The molecule has 37 heavy (non-hydrogen) atoms. The molecule has 2 saturated heterocycles. The first kappa shape index (κ1) is 25.4. The third-order valence-corrected chi connectivity index (χ3v) is 6.97. The molecule has 0 bridgehead atoms. The molecule has 2 aliphatic rings. The number of fused-ring (bicyclic) bond motifs is 1. The van der Waals surface area contributed by atoms with Crippen LogP contribution in [0.25, 0.3) is 10.9 Å². The highest BCUT2D eigenvalue weighted by Crippen LogP contribution is 2.34. The fraction of sp³-hybridized carbons (Fsp3) is 0.417. The molecule has 2 fully saturated rings. The van der Waals surface area contributed by atoms with E-state index in [1.807, 2.05) is 0 Å². The van der Waals surface area contributed by atoms with Crippen molar-refractivity contribution in [3.63, 3.8) is 0 Å². The highest BCUT2D eigenvalue weighted by Gasteiger charge is 2.41. The van der Waals surface area contributed by atoms with Crippen LogP contribution in [-0.4, -0.2) is 94.3 Å². The number of ether oxygens (including phenoxy) is 1. The number of rotatable bonds is 4. The van der Waals surface area contributed by atoms with E-state index in [0.717, 1.165) is 0 Å². The van der Waals surface area contributed by atoms with Gasteiger partial charge in [-0.25, -0.2) is 15.0 Å². The molecule has 1 aromatic carbocycles. The second-order valence-electron chi connectivity index (χ2n) is 8.99. The molecule has 2 aromatic heterocycles. The molecule has 2 aliphatic heterocycles. The zero-order valence-electron chi connectivity index (χ0n) is 19.8. The maximum absolute atomic E-state index is 13.5. The van der Waals surface area contributed by atoms with Crippen molar-refractivity contribution >= 4 is 34.2 Å². The standard InChI is InChI=1S/C24H24ClF3N6O3/c1-37-20-10-16-17(11-29-20)30-23(24(26,27)28)31-21(16)34-12-18(19(35)13-34)32-6-8-33(9-7-32)22(36)14-2-4-15(25)5-3-14/h2-5,10-11,18-19,35H,6-9,12-13H2,1H3/t18-,19-/m0/s1. The Morgan fingerprint density at radius 3 is 2.46 bits per heavy atom. The van der Waals surface area contributed by atoms with Gasteiger partial charge < -0.3 is 19.6 Å². The minimum atomic E-state index is -4.74. The van der Waals surface area contributed by atoms with Gasteiger partial charge in [-0.2, -0.15) is 13.2 Å². The number of carbonyl (C=O) groups is 1. The van der Waals surface area contributed by atoms with Crippen molar-refractivity contribution in [3.05, 3.63) is 52.9 Å². The molecule has 0 saturated carbocycles. The van der Waals surface area contributed by atoms with E-state index < -0.39 is 18.1 Å². The minimum absolute atomic E-state index is 0.0328. The zero-order chi connectivity index (χ0) is 26.3. The van der Waals surface area contributed by atoms with Crippen molar-refractivity contribution < 1.29 is 27.8 Å². The number of aliphatic hydroxyl groups is 1. The Morgan fingerprint density at radius 1 is 1.11 bits per heavy atom. The summed E-state index contributed by atoms with van der Waals surface area (Å²) >= 11 is 5.91. The zero-order valence-corrected chi connectivity index (χ0v) is 20.6. The highest BCUT2D eigenvalue weighted by molar-refractivity contribution is 6.30. The molecule has 196 valence electrons. The Bertz CT molecular complexity index is 1300. The molecule has 5 rings (SSSR count). The summed E-state index contributed by atoms with van der Waals surface area (Å²) in [7, 11) is 1.41. The Balaban J connectivity index is 1.33. The molecule has 4 heterocycles. The lowest BCUT2D eigenvalue weighted by Gasteiger charge is -2.38. The summed E-state index contributed by atoms with van der Waals surface area (Å²) in [5, 5.41) is 11.8. The van der Waals surface area contributed by atoms with Crippen LogP contribution in [0.5, 0.6) is 5.88 Å². The van der Waals surface area contributed by atoms with Crippen LogP contribution in [0, 0.1) is 0 Å². The number of hydrogen-bond acceptors (Lipinski definition) is 8. The normalized spacial score (nSPS) is 21.0. The van der Waals surface area contributed by atoms with Gasteiger partial charge in [0.2, 0.25) is 11.7 Å². The van der Waals surface area contributed by atoms with Crippen LogP contribution in [0.15, 0.2) is 36.5 Å². The van der Waals surface area contributed by atoms with Crippen LogP contribution in [-0.2, 0) is 6.18 Å². The lowest BCUT2D eigenvalue weighted by molar-refractivity contribution is -0.144. The van der Waals surface area contributed by atoms with E-state index in [0.29, 0.717) is 42.2 Å². The fourth-order valence-corrected chi connectivity index (χ4v) is 4.94. The number of aromatic nitrogens is 3. The van der Waals surface area contributed by atoms with Crippen molar-refractivity contribution in [1.29, 1.82) is 0 Å². The summed E-state index contributed by atoms with van der Waals surface area (Å²) in [5.41, 5.74) is 0.580. The lowest BCUT2D eigenvalue weighted by atomic mass is 10.1. The number of methoxy groups -OCH3 is 1. The number of carbonyl (C=O) groups excluding carboxylic acids is 1. The first-order valence-corrected chi connectivity index (χ1v) is 12.0. The third-order valence-electron chi connectivity index (χ3n) is 6.72. The summed E-state index contributed by atoms with van der Waals surface area (Å²) in [6.07, 6.45) is -4.34. The highest BCUT2D eigenvalue weighted by atomic mass is 35.5. The van der Waals surface area contributed by atoms with Gasteiger partial charge in [0, 0.05) is 61.3 Å². The molecule has 0 aliphatic carbocycles. The van der Waals surface area contributed by atoms with Gasteiger partial charge in [0.1, 0.15) is 5.82 Å². The second kappa shape index (κ2) is 9.92. The number of alkyl halides is 3. The third kappa shape index (κ3) is 5.13. The Labute approximate surface area is 215 Å². The summed E-state index contributed by atoms with van der Waals surface area (Å²) in [6.45, 7) is 2.32. The predicted molar refractivity (Wildman–Crippen MR) is 130 cm³/mol. The second-order valence-corrected chi connectivity index (χ2v) is 9.42. The van der Waals surface area contributed by atoms with E-state index in [9.17, 15) is 23.1 Å². The van der Waals surface area contributed by atoms with Crippen LogP contribution in [0.3, 0.4) is 0 Å². The summed E-state index contributed by atoms with van der Waals surface area (Å²) < 4.78 is 45.7.